The van der Waals surface area contributed by atoms with Gasteiger partial charge >= 0.3 is 0 Å². The summed E-state index contributed by atoms with van der Waals surface area (Å²) in [4.78, 5) is 0. The third kappa shape index (κ3) is 2.94. The minimum atomic E-state index is -0.514. The average Bonchev–Trinajstić information content (AvgIpc) is 2.96. The van der Waals surface area contributed by atoms with Crippen LogP contribution in [-0.2, 0) is 6.42 Å². The van der Waals surface area contributed by atoms with Crippen LogP contribution in [0.25, 0.3) is 5.57 Å². The fourth-order valence-corrected chi connectivity index (χ4v) is 1.45. The van der Waals surface area contributed by atoms with Gasteiger partial charge in [0.1, 0.15) is 17.5 Å². The maximum absolute atomic E-state index is 13.7. The molecule has 0 saturated carbocycles. The number of aromatic nitrogens is 4. The lowest BCUT2D eigenvalue weighted by Gasteiger charge is -2.04. The van der Waals surface area contributed by atoms with Gasteiger partial charge in [-0.15, -0.1) is 10.2 Å². The molecular weight excluding hydrogens is 261 g/mol. The predicted octanol–water partition coefficient (Wildman–Crippen LogP) is 1.38. The van der Waals surface area contributed by atoms with E-state index in [-0.39, 0.29) is 23.5 Å². The first-order valence-electron chi connectivity index (χ1n) is 5.50. The van der Waals surface area contributed by atoms with Gasteiger partial charge in [0.25, 0.3) is 0 Å². The molecule has 1 aromatic carbocycles. The summed E-state index contributed by atoms with van der Waals surface area (Å²) in [6.45, 7) is 0. The Morgan fingerprint density at radius 3 is 2.90 bits per heavy atom. The summed E-state index contributed by atoms with van der Waals surface area (Å²) in [7, 11) is 0. The molecule has 0 aliphatic rings. The van der Waals surface area contributed by atoms with Crippen LogP contribution in [0.1, 0.15) is 11.4 Å². The number of halogens is 1. The predicted molar refractivity (Wildman–Crippen MR) is 67.1 cm³/mol. The van der Waals surface area contributed by atoms with Crippen LogP contribution in [0.4, 0.5) is 10.1 Å². The second-order valence-electron chi connectivity index (χ2n) is 3.70. The second kappa shape index (κ2) is 6.07. The molecule has 8 heteroatoms. The van der Waals surface area contributed by atoms with Crippen molar-refractivity contribution in [3.63, 3.8) is 0 Å². The highest BCUT2D eigenvalue weighted by Gasteiger charge is 2.07. The van der Waals surface area contributed by atoms with Crippen molar-refractivity contribution in [1.82, 2.24) is 20.6 Å². The van der Waals surface area contributed by atoms with Gasteiger partial charge in [0, 0.05) is 6.20 Å². The monoisotopic (exact) mass is 269 g/mol. The molecule has 2 N–H and O–H groups in total. The molecule has 7 nitrogen and oxygen atoms in total. The first-order chi connectivity index (χ1) is 9.74. The van der Waals surface area contributed by atoms with Crippen molar-refractivity contribution in [3.05, 3.63) is 41.6 Å². The lowest BCUT2D eigenvalue weighted by molar-refractivity contribution is 0.630. The minimum absolute atomic E-state index is 0.110. The maximum atomic E-state index is 13.7. The molecule has 0 unspecified atom stereocenters. The van der Waals surface area contributed by atoms with Crippen molar-refractivity contribution in [3.8, 4) is 12.1 Å². The van der Waals surface area contributed by atoms with Crippen LogP contribution in [0.2, 0.25) is 0 Å². The van der Waals surface area contributed by atoms with E-state index in [0.29, 0.717) is 5.56 Å². The first kappa shape index (κ1) is 13.2. The fraction of sp³-hybridized carbons (Fsp3) is 0.0833. The van der Waals surface area contributed by atoms with E-state index in [4.69, 9.17) is 10.5 Å². The number of nitrogens with zero attached hydrogens (tertiary/aromatic N) is 5. The van der Waals surface area contributed by atoms with Crippen LogP contribution in [0.3, 0.4) is 0 Å². The first-order valence-corrected chi connectivity index (χ1v) is 5.50. The number of hydrogen-bond acceptors (Lipinski definition) is 6. The van der Waals surface area contributed by atoms with Gasteiger partial charge in [-0.2, -0.15) is 15.7 Å². The van der Waals surface area contributed by atoms with Crippen molar-refractivity contribution in [1.29, 1.82) is 10.5 Å². The summed E-state index contributed by atoms with van der Waals surface area (Å²) in [5.74, 6) is -0.402. The number of rotatable bonds is 4. The average molecular weight is 269 g/mol. The van der Waals surface area contributed by atoms with Crippen molar-refractivity contribution in [2.24, 2.45) is 0 Å². The van der Waals surface area contributed by atoms with Gasteiger partial charge in [-0.3, -0.25) is 0 Å². The molecule has 20 heavy (non-hydrogen) atoms. The molecule has 1 aromatic heterocycles. The molecule has 0 spiro atoms. The van der Waals surface area contributed by atoms with Gasteiger partial charge < -0.3 is 5.32 Å². The van der Waals surface area contributed by atoms with E-state index >= 15 is 0 Å². The van der Waals surface area contributed by atoms with Crippen molar-refractivity contribution in [2.75, 3.05) is 5.32 Å². The van der Waals surface area contributed by atoms with Crippen molar-refractivity contribution < 1.29 is 4.39 Å². The van der Waals surface area contributed by atoms with E-state index < -0.39 is 5.82 Å². The van der Waals surface area contributed by atoms with Crippen LogP contribution >= 0.6 is 0 Å². The SMILES string of the molecule is N#CCc1ccc(NC=C(C#N)c2nn[nH]n2)c(F)c1. The fourth-order valence-electron chi connectivity index (χ4n) is 1.45. The Kier molecular flexibility index (Phi) is 4.00. The van der Waals surface area contributed by atoms with Gasteiger partial charge in [-0.25, -0.2) is 4.39 Å². The molecule has 0 aliphatic heterocycles. The van der Waals surface area contributed by atoms with Gasteiger partial charge in [0.05, 0.1) is 18.2 Å². The van der Waals surface area contributed by atoms with E-state index in [0.717, 1.165) is 0 Å². The quantitative estimate of drug-likeness (QED) is 0.810. The number of hydrogen-bond donors (Lipinski definition) is 2. The Hall–Kier alpha value is -3.26. The summed E-state index contributed by atoms with van der Waals surface area (Å²) in [5, 5.41) is 33.0. The van der Waals surface area contributed by atoms with Gasteiger partial charge in [0.2, 0.25) is 5.82 Å². The Labute approximate surface area is 113 Å². The molecule has 0 aliphatic carbocycles. The van der Waals surface area contributed by atoms with Crippen molar-refractivity contribution >= 4 is 11.3 Å². The number of tetrazole rings is 1. The maximum Gasteiger partial charge on any atom is 0.216 e. The molecular formula is C12H8FN7. The third-order valence-electron chi connectivity index (χ3n) is 2.40. The van der Waals surface area contributed by atoms with E-state index in [9.17, 15) is 4.39 Å². The summed E-state index contributed by atoms with van der Waals surface area (Å²) in [6, 6.07) is 8.19. The molecule has 1 heterocycles. The number of aromatic amines is 1. The van der Waals surface area contributed by atoms with Gasteiger partial charge in [-0.1, -0.05) is 6.07 Å². The molecule has 0 amide bonds. The Morgan fingerprint density at radius 1 is 1.45 bits per heavy atom. The largest absolute Gasteiger partial charge is 0.358 e. The second-order valence-corrected chi connectivity index (χ2v) is 3.70. The summed E-state index contributed by atoms with van der Waals surface area (Å²) in [5.41, 5.74) is 0.875. The van der Waals surface area contributed by atoms with Crippen LogP contribution in [0, 0.1) is 28.5 Å². The Balaban J connectivity index is 2.19. The Bertz CT molecular complexity index is 706. The smallest absolute Gasteiger partial charge is 0.216 e. The number of H-pyrrole nitrogens is 1. The molecule has 0 atom stereocenters. The van der Waals surface area contributed by atoms with Gasteiger partial charge in [0.15, 0.2) is 0 Å². The number of anilines is 1. The van der Waals surface area contributed by atoms with E-state index in [1.807, 2.05) is 12.1 Å². The molecule has 0 bridgehead atoms. The summed E-state index contributed by atoms with van der Waals surface area (Å²) >= 11 is 0. The summed E-state index contributed by atoms with van der Waals surface area (Å²) < 4.78 is 13.7. The number of nitrogens with one attached hydrogen (secondary N) is 2. The molecule has 2 rings (SSSR count). The van der Waals surface area contributed by atoms with Crippen LogP contribution < -0.4 is 5.32 Å². The van der Waals surface area contributed by atoms with E-state index in [1.165, 1.54) is 18.3 Å². The van der Waals surface area contributed by atoms with Crippen LogP contribution in [0.15, 0.2) is 24.4 Å². The third-order valence-corrected chi connectivity index (χ3v) is 2.40. The molecule has 0 radical (unpaired) electrons. The topological polar surface area (TPSA) is 114 Å². The van der Waals surface area contributed by atoms with Crippen LogP contribution in [-0.4, -0.2) is 20.6 Å². The summed E-state index contributed by atoms with van der Waals surface area (Å²) in [6.07, 6.45) is 1.42. The van der Waals surface area contributed by atoms with Gasteiger partial charge in [-0.05, 0) is 22.9 Å². The van der Waals surface area contributed by atoms with E-state index in [2.05, 4.69) is 25.9 Å². The zero-order chi connectivity index (χ0) is 14.4. The standard InChI is InChI=1S/C12H8FN7/c13-10-5-8(3-4-14)1-2-11(10)16-7-9(6-15)12-17-19-20-18-12/h1-2,5,7,16H,3H2,(H,17,18,19,20). The number of nitriles is 2. The minimum Gasteiger partial charge on any atom is -0.358 e. The Morgan fingerprint density at radius 2 is 2.30 bits per heavy atom. The lowest BCUT2D eigenvalue weighted by Crippen LogP contribution is -1.96. The molecule has 2 aromatic rings. The van der Waals surface area contributed by atoms with E-state index in [1.54, 1.807) is 6.07 Å². The lowest BCUT2D eigenvalue weighted by atomic mass is 10.1. The highest BCUT2D eigenvalue weighted by Crippen LogP contribution is 2.17. The highest BCUT2D eigenvalue weighted by atomic mass is 19.1. The zero-order valence-electron chi connectivity index (χ0n) is 10.1. The highest BCUT2D eigenvalue weighted by molar-refractivity contribution is 5.74. The normalized spacial score (nSPS) is 10.7. The number of benzene rings is 1. The molecule has 0 saturated heterocycles. The zero-order valence-corrected chi connectivity index (χ0v) is 10.1. The van der Waals surface area contributed by atoms with Crippen molar-refractivity contribution in [2.45, 2.75) is 6.42 Å². The number of allylic oxidation sites excluding steroid dienone is 1. The van der Waals surface area contributed by atoms with Crippen LogP contribution in [0.5, 0.6) is 0 Å². The molecule has 98 valence electrons. The molecule has 0 fully saturated rings.